The molecular weight excluding hydrogens is 322 g/mol. The lowest BCUT2D eigenvalue weighted by atomic mass is 10.3. The minimum absolute atomic E-state index is 0.683. The first-order valence-electron chi connectivity index (χ1n) is 8.69. The van der Waals surface area contributed by atoms with E-state index >= 15 is 0 Å². The number of rotatable bonds is 4. The number of anilines is 2. The molecule has 134 valence electrons. The molecule has 2 aliphatic rings. The highest BCUT2D eigenvalue weighted by molar-refractivity contribution is 5.50. The molecule has 4 rings (SSSR count). The summed E-state index contributed by atoms with van der Waals surface area (Å²) in [6, 6.07) is 2.09. The van der Waals surface area contributed by atoms with Gasteiger partial charge in [-0.1, -0.05) is 5.16 Å². The van der Waals surface area contributed by atoms with Gasteiger partial charge in [0.2, 0.25) is 5.89 Å². The summed E-state index contributed by atoms with van der Waals surface area (Å²) in [7, 11) is 0. The third-order valence-corrected chi connectivity index (χ3v) is 4.60. The van der Waals surface area contributed by atoms with Crippen LogP contribution >= 0.6 is 0 Å². The Hall–Kier alpha value is -2.26. The predicted octanol–water partition coefficient (Wildman–Crippen LogP) is 0.327. The van der Waals surface area contributed by atoms with Crippen LogP contribution in [-0.2, 0) is 11.3 Å². The van der Waals surface area contributed by atoms with E-state index in [2.05, 4.69) is 40.9 Å². The number of piperazine rings is 1. The largest absolute Gasteiger partial charge is 0.378 e. The zero-order valence-electron chi connectivity index (χ0n) is 14.5. The van der Waals surface area contributed by atoms with Crippen molar-refractivity contribution in [2.24, 2.45) is 0 Å². The van der Waals surface area contributed by atoms with E-state index in [-0.39, 0.29) is 0 Å². The van der Waals surface area contributed by atoms with E-state index in [1.807, 2.05) is 6.92 Å². The van der Waals surface area contributed by atoms with Gasteiger partial charge >= 0.3 is 0 Å². The van der Waals surface area contributed by atoms with Crippen LogP contribution in [0.1, 0.15) is 11.7 Å². The van der Waals surface area contributed by atoms with Gasteiger partial charge < -0.3 is 19.1 Å². The average Bonchev–Trinajstić information content (AvgIpc) is 3.08. The number of hydrogen-bond acceptors (Lipinski definition) is 9. The van der Waals surface area contributed by atoms with Crippen molar-refractivity contribution in [1.82, 2.24) is 25.0 Å². The minimum atomic E-state index is 0.683. The molecule has 4 heterocycles. The topological polar surface area (TPSA) is 83.7 Å². The first-order chi connectivity index (χ1) is 12.3. The van der Waals surface area contributed by atoms with E-state index in [9.17, 15) is 0 Å². The van der Waals surface area contributed by atoms with Gasteiger partial charge in [0.15, 0.2) is 5.82 Å². The molecule has 0 aliphatic carbocycles. The van der Waals surface area contributed by atoms with E-state index in [1.165, 1.54) is 0 Å². The van der Waals surface area contributed by atoms with Crippen molar-refractivity contribution in [2.75, 3.05) is 62.3 Å². The zero-order valence-corrected chi connectivity index (χ0v) is 14.5. The highest BCUT2D eigenvalue weighted by Gasteiger charge is 2.21. The van der Waals surface area contributed by atoms with E-state index < -0.39 is 0 Å². The SMILES string of the molecule is Cc1noc(CN2CCN(c3cc(N4CCOCC4)ncn3)CC2)n1. The van der Waals surface area contributed by atoms with Crippen LogP contribution in [0.3, 0.4) is 0 Å². The van der Waals surface area contributed by atoms with Gasteiger partial charge in [0, 0.05) is 45.3 Å². The third-order valence-electron chi connectivity index (χ3n) is 4.60. The molecule has 0 unspecified atom stereocenters. The first-order valence-corrected chi connectivity index (χ1v) is 8.69. The Balaban J connectivity index is 1.35. The summed E-state index contributed by atoms with van der Waals surface area (Å²) in [6.07, 6.45) is 1.66. The molecule has 0 spiro atoms. The van der Waals surface area contributed by atoms with Gasteiger partial charge in [-0.05, 0) is 6.92 Å². The Bertz CT molecular complexity index is 693. The molecule has 0 N–H and O–H groups in total. The molecule has 2 aromatic rings. The van der Waals surface area contributed by atoms with Crippen LogP contribution in [0.25, 0.3) is 0 Å². The van der Waals surface area contributed by atoms with Crippen LogP contribution in [0.15, 0.2) is 16.9 Å². The smallest absolute Gasteiger partial charge is 0.240 e. The summed E-state index contributed by atoms with van der Waals surface area (Å²) < 4.78 is 10.6. The van der Waals surface area contributed by atoms with Gasteiger partial charge in [0.1, 0.15) is 18.0 Å². The van der Waals surface area contributed by atoms with Crippen molar-refractivity contribution in [3.63, 3.8) is 0 Å². The average molecular weight is 345 g/mol. The van der Waals surface area contributed by atoms with Crippen molar-refractivity contribution in [1.29, 1.82) is 0 Å². The highest BCUT2D eigenvalue weighted by atomic mass is 16.5. The lowest BCUT2D eigenvalue weighted by molar-refractivity contribution is 0.122. The molecule has 2 aromatic heterocycles. The van der Waals surface area contributed by atoms with Crippen LogP contribution in [0.2, 0.25) is 0 Å². The quantitative estimate of drug-likeness (QED) is 0.778. The molecule has 0 atom stereocenters. The Kier molecular flexibility index (Phi) is 4.75. The van der Waals surface area contributed by atoms with Gasteiger partial charge in [0.25, 0.3) is 0 Å². The molecular formula is C16H23N7O2. The Morgan fingerprint density at radius 3 is 2.28 bits per heavy atom. The van der Waals surface area contributed by atoms with E-state index in [1.54, 1.807) is 6.33 Å². The molecule has 9 heteroatoms. The third kappa shape index (κ3) is 3.88. The Labute approximate surface area is 146 Å². The van der Waals surface area contributed by atoms with Crippen LogP contribution < -0.4 is 9.80 Å². The Morgan fingerprint density at radius 2 is 1.64 bits per heavy atom. The molecule has 2 saturated heterocycles. The number of aryl methyl sites for hydroxylation is 1. The molecule has 2 fully saturated rings. The standard InChI is InChI=1S/C16H23N7O2/c1-13-19-16(25-20-13)11-21-2-4-22(5-3-21)14-10-15(18-12-17-14)23-6-8-24-9-7-23/h10,12H,2-9,11H2,1H3. The summed E-state index contributed by atoms with van der Waals surface area (Å²) in [5.41, 5.74) is 0. The van der Waals surface area contributed by atoms with Crippen LogP contribution in [0.5, 0.6) is 0 Å². The second-order valence-corrected chi connectivity index (χ2v) is 6.33. The molecule has 0 radical (unpaired) electrons. The lowest BCUT2D eigenvalue weighted by Crippen LogP contribution is -2.46. The molecule has 0 bridgehead atoms. The van der Waals surface area contributed by atoms with Crippen molar-refractivity contribution < 1.29 is 9.26 Å². The second-order valence-electron chi connectivity index (χ2n) is 6.33. The molecule has 9 nitrogen and oxygen atoms in total. The number of aromatic nitrogens is 4. The monoisotopic (exact) mass is 345 g/mol. The van der Waals surface area contributed by atoms with Crippen molar-refractivity contribution in [3.05, 3.63) is 24.1 Å². The molecule has 2 aliphatic heterocycles. The van der Waals surface area contributed by atoms with Crippen molar-refractivity contribution in [2.45, 2.75) is 13.5 Å². The molecule has 25 heavy (non-hydrogen) atoms. The van der Waals surface area contributed by atoms with Gasteiger partial charge in [-0.15, -0.1) is 0 Å². The number of ether oxygens (including phenoxy) is 1. The lowest BCUT2D eigenvalue weighted by Gasteiger charge is -2.35. The maximum Gasteiger partial charge on any atom is 0.240 e. The van der Waals surface area contributed by atoms with Crippen molar-refractivity contribution >= 4 is 11.6 Å². The fourth-order valence-corrected chi connectivity index (χ4v) is 3.21. The Morgan fingerprint density at radius 1 is 0.960 bits per heavy atom. The second kappa shape index (κ2) is 7.32. The van der Waals surface area contributed by atoms with Crippen LogP contribution in [-0.4, -0.2) is 77.5 Å². The summed E-state index contributed by atoms with van der Waals surface area (Å²) in [4.78, 5) is 20.1. The maximum atomic E-state index is 5.41. The number of morpholine rings is 1. The first kappa shape index (κ1) is 16.2. The highest BCUT2D eigenvalue weighted by Crippen LogP contribution is 2.20. The van der Waals surface area contributed by atoms with Crippen molar-refractivity contribution in [3.8, 4) is 0 Å². The van der Waals surface area contributed by atoms with Gasteiger partial charge in [-0.2, -0.15) is 4.98 Å². The number of nitrogens with zero attached hydrogens (tertiary/aromatic N) is 7. The number of hydrogen-bond donors (Lipinski definition) is 0. The molecule has 0 amide bonds. The van der Waals surface area contributed by atoms with E-state index in [4.69, 9.17) is 9.26 Å². The van der Waals surface area contributed by atoms with Crippen LogP contribution in [0, 0.1) is 6.92 Å². The normalized spacial score (nSPS) is 19.4. The fourth-order valence-electron chi connectivity index (χ4n) is 3.21. The van der Waals surface area contributed by atoms with Gasteiger partial charge in [-0.25, -0.2) is 9.97 Å². The summed E-state index contributed by atoms with van der Waals surface area (Å²) in [6.45, 7) is 9.56. The van der Waals surface area contributed by atoms with Gasteiger partial charge in [-0.3, -0.25) is 4.90 Å². The zero-order chi connectivity index (χ0) is 17.1. The predicted molar refractivity (Wildman–Crippen MR) is 91.6 cm³/mol. The minimum Gasteiger partial charge on any atom is -0.378 e. The van der Waals surface area contributed by atoms with E-state index in [0.717, 1.165) is 64.1 Å². The molecule has 0 saturated carbocycles. The van der Waals surface area contributed by atoms with Crippen LogP contribution in [0.4, 0.5) is 11.6 Å². The fraction of sp³-hybridized carbons (Fsp3) is 0.625. The molecule has 0 aromatic carbocycles. The summed E-state index contributed by atoms with van der Waals surface area (Å²) in [5.74, 6) is 3.34. The summed E-state index contributed by atoms with van der Waals surface area (Å²) in [5, 5.41) is 3.85. The summed E-state index contributed by atoms with van der Waals surface area (Å²) >= 11 is 0. The van der Waals surface area contributed by atoms with E-state index in [0.29, 0.717) is 18.3 Å². The van der Waals surface area contributed by atoms with Gasteiger partial charge in [0.05, 0.1) is 19.8 Å². The maximum absolute atomic E-state index is 5.41.